The van der Waals surface area contributed by atoms with Crippen molar-refractivity contribution in [1.82, 2.24) is 9.80 Å². The average molecular weight is 551 g/mol. The van der Waals surface area contributed by atoms with Crippen LogP contribution < -0.4 is 0 Å². The van der Waals surface area contributed by atoms with Crippen LogP contribution in [-0.2, 0) is 24.4 Å². The monoisotopic (exact) mass is 550 g/mol. The second-order valence-electron chi connectivity index (χ2n) is 12.0. The van der Waals surface area contributed by atoms with Gasteiger partial charge in [-0.25, -0.2) is 0 Å². The minimum absolute atomic E-state index is 0.0231. The second-order valence-corrected chi connectivity index (χ2v) is 12.0. The third-order valence-corrected chi connectivity index (χ3v) is 7.20. The van der Waals surface area contributed by atoms with E-state index < -0.39 is 18.3 Å². The van der Waals surface area contributed by atoms with Gasteiger partial charge >= 0.3 is 0 Å². The van der Waals surface area contributed by atoms with Gasteiger partial charge in [0.15, 0.2) is 0 Å². The first-order valence-electron chi connectivity index (χ1n) is 14.0. The maximum atomic E-state index is 14.0. The number of hydrogen-bond acceptors (Lipinski definition) is 7. The van der Waals surface area contributed by atoms with Gasteiger partial charge in [-0.3, -0.25) is 9.59 Å². The van der Waals surface area contributed by atoms with E-state index in [1.54, 1.807) is 4.90 Å². The molecule has 1 aliphatic heterocycles. The Kier molecular flexibility index (Phi) is 13.3. The van der Waals surface area contributed by atoms with Crippen LogP contribution in [0, 0.1) is 5.92 Å². The lowest BCUT2D eigenvalue weighted by Crippen LogP contribution is -2.54. The number of methoxy groups -OCH3 is 2. The fourth-order valence-electron chi connectivity index (χ4n) is 4.90. The van der Waals surface area contributed by atoms with Gasteiger partial charge in [-0.1, -0.05) is 46.8 Å². The molecule has 39 heavy (non-hydrogen) atoms. The van der Waals surface area contributed by atoms with E-state index >= 15 is 0 Å². The van der Waals surface area contributed by atoms with E-state index in [0.717, 1.165) is 5.56 Å². The molecule has 2 N–H and O–H groups in total. The molecule has 2 rings (SSSR count). The Balaban J connectivity index is 2.47. The van der Waals surface area contributed by atoms with Crippen LogP contribution in [0.3, 0.4) is 0 Å². The van der Waals surface area contributed by atoms with E-state index in [1.807, 2.05) is 29.2 Å². The number of rotatable bonds is 6. The Morgan fingerprint density at radius 1 is 1.08 bits per heavy atom. The van der Waals surface area contributed by atoms with Gasteiger partial charge in [0.05, 0.1) is 6.61 Å². The highest BCUT2D eigenvalue weighted by Crippen LogP contribution is 2.24. The molecule has 4 atom stereocenters. The molecule has 1 aliphatic rings. The van der Waals surface area contributed by atoms with E-state index in [-0.39, 0.29) is 55.5 Å². The van der Waals surface area contributed by atoms with Crippen LogP contribution in [0.25, 0.3) is 0 Å². The van der Waals surface area contributed by atoms with Crippen molar-refractivity contribution >= 4 is 11.8 Å². The molecule has 0 saturated carbocycles. The summed E-state index contributed by atoms with van der Waals surface area (Å²) in [5.41, 5.74) is 1.74. The standard InChI is InChI=1S/C30H50N2O7/c1-21(2)16-24-17-31(27(34)20-37-6)18-26(38-7)28(35)25(33)19-39-15-9-8-14-32(24)29(36)22-10-12-23(13-11-22)30(3,4)5/h10-13,21,24-26,28,33,35H,8-9,14-20H2,1-7H3/t24-,25+,26+,28+/m0/s1. The lowest BCUT2D eigenvalue weighted by Gasteiger charge is -2.39. The maximum Gasteiger partial charge on any atom is 0.254 e. The van der Waals surface area contributed by atoms with Gasteiger partial charge in [0, 0.05) is 52.1 Å². The van der Waals surface area contributed by atoms with Crippen LogP contribution in [-0.4, -0.2) is 110 Å². The first-order valence-corrected chi connectivity index (χ1v) is 14.0. The number of nitrogens with zero attached hydrogens (tertiary/aromatic N) is 2. The first-order chi connectivity index (χ1) is 18.4. The molecule has 0 spiro atoms. The van der Waals surface area contributed by atoms with E-state index in [9.17, 15) is 19.8 Å². The SMILES string of the molecule is COCC(=O)N1C[C@H](CC(C)C)N(C(=O)c2ccc(C(C)(C)C)cc2)CCCCOC[C@@H](O)[C@@H](O)[C@H](OC)C1. The van der Waals surface area contributed by atoms with Crippen LogP contribution in [0.15, 0.2) is 24.3 Å². The molecule has 1 heterocycles. The van der Waals surface area contributed by atoms with E-state index in [1.165, 1.54) is 14.2 Å². The molecule has 1 saturated heterocycles. The van der Waals surface area contributed by atoms with Crippen LogP contribution in [0.2, 0.25) is 0 Å². The van der Waals surface area contributed by atoms with Gasteiger partial charge in [0.25, 0.3) is 5.91 Å². The zero-order chi connectivity index (χ0) is 29.2. The van der Waals surface area contributed by atoms with Gasteiger partial charge in [-0.05, 0) is 48.3 Å². The number of aliphatic hydroxyl groups excluding tert-OH is 2. The smallest absolute Gasteiger partial charge is 0.254 e. The molecule has 0 aliphatic carbocycles. The lowest BCUT2D eigenvalue weighted by atomic mass is 9.86. The summed E-state index contributed by atoms with van der Waals surface area (Å²) < 4.78 is 16.3. The number of carbonyl (C=O) groups excluding carboxylic acids is 2. The van der Waals surface area contributed by atoms with E-state index in [0.29, 0.717) is 38.0 Å². The van der Waals surface area contributed by atoms with Crippen molar-refractivity contribution < 1.29 is 34.0 Å². The molecule has 0 unspecified atom stereocenters. The molecule has 222 valence electrons. The lowest BCUT2D eigenvalue weighted by molar-refractivity contribution is -0.143. The molecular weight excluding hydrogens is 500 g/mol. The quantitative estimate of drug-likeness (QED) is 0.561. The molecule has 1 aromatic carbocycles. The number of amides is 2. The molecule has 1 fully saturated rings. The molecule has 0 radical (unpaired) electrons. The zero-order valence-corrected chi connectivity index (χ0v) is 24.9. The number of ether oxygens (including phenoxy) is 3. The number of benzene rings is 1. The number of aliphatic hydroxyl groups is 2. The molecule has 1 aromatic rings. The van der Waals surface area contributed by atoms with Crippen molar-refractivity contribution in [2.75, 3.05) is 53.7 Å². The molecule has 0 bridgehead atoms. The van der Waals surface area contributed by atoms with Crippen LogP contribution in [0.1, 0.15) is 69.8 Å². The summed E-state index contributed by atoms with van der Waals surface area (Å²) in [6, 6.07) is 7.51. The van der Waals surface area contributed by atoms with Crippen LogP contribution in [0.5, 0.6) is 0 Å². The highest BCUT2D eigenvalue weighted by Gasteiger charge is 2.34. The second kappa shape index (κ2) is 15.7. The molecule has 9 heteroatoms. The summed E-state index contributed by atoms with van der Waals surface area (Å²) in [5.74, 6) is -0.0897. The van der Waals surface area contributed by atoms with Crippen molar-refractivity contribution in [2.45, 2.75) is 83.6 Å². The Hall–Kier alpha value is -2.04. The summed E-state index contributed by atoms with van der Waals surface area (Å²) >= 11 is 0. The molecule has 9 nitrogen and oxygen atoms in total. The minimum atomic E-state index is -1.25. The Morgan fingerprint density at radius 3 is 2.31 bits per heavy atom. The van der Waals surface area contributed by atoms with Crippen molar-refractivity contribution in [1.29, 1.82) is 0 Å². The van der Waals surface area contributed by atoms with Gasteiger partial charge < -0.3 is 34.2 Å². The Morgan fingerprint density at radius 2 is 1.74 bits per heavy atom. The van der Waals surface area contributed by atoms with Crippen molar-refractivity contribution in [3.05, 3.63) is 35.4 Å². The summed E-state index contributed by atoms with van der Waals surface area (Å²) in [6.07, 6.45) is -1.19. The van der Waals surface area contributed by atoms with Crippen molar-refractivity contribution in [3.8, 4) is 0 Å². The largest absolute Gasteiger partial charge is 0.388 e. The molecular formula is C30H50N2O7. The highest BCUT2D eigenvalue weighted by atomic mass is 16.5. The van der Waals surface area contributed by atoms with Crippen molar-refractivity contribution in [3.63, 3.8) is 0 Å². The summed E-state index contributed by atoms with van der Waals surface area (Å²) in [5, 5.41) is 21.2. The van der Waals surface area contributed by atoms with Gasteiger partial charge in [-0.2, -0.15) is 0 Å². The van der Waals surface area contributed by atoms with Gasteiger partial charge in [-0.15, -0.1) is 0 Å². The first kappa shape index (κ1) is 33.2. The molecule has 0 aromatic heterocycles. The zero-order valence-electron chi connectivity index (χ0n) is 24.9. The van der Waals surface area contributed by atoms with E-state index in [4.69, 9.17) is 14.2 Å². The van der Waals surface area contributed by atoms with Crippen molar-refractivity contribution in [2.24, 2.45) is 5.92 Å². The van der Waals surface area contributed by atoms with Gasteiger partial charge in [0.2, 0.25) is 5.91 Å². The third kappa shape index (κ3) is 10.1. The predicted octanol–water partition coefficient (Wildman–Crippen LogP) is 2.86. The maximum absolute atomic E-state index is 14.0. The molecule has 2 amide bonds. The Labute approximate surface area is 234 Å². The average Bonchev–Trinajstić information content (AvgIpc) is 2.88. The fourth-order valence-corrected chi connectivity index (χ4v) is 4.90. The van der Waals surface area contributed by atoms with Crippen LogP contribution in [0.4, 0.5) is 0 Å². The topological polar surface area (TPSA) is 109 Å². The normalized spacial score (nSPS) is 24.5. The number of carbonyl (C=O) groups is 2. The predicted molar refractivity (Wildman–Crippen MR) is 151 cm³/mol. The highest BCUT2D eigenvalue weighted by molar-refractivity contribution is 5.94. The number of hydrogen-bond donors (Lipinski definition) is 2. The third-order valence-electron chi connectivity index (χ3n) is 7.20. The summed E-state index contributed by atoms with van der Waals surface area (Å²) in [7, 11) is 2.89. The summed E-state index contributed by atoms with van der Waals surface area (Å²) in [6.45, 7) is 11.6. The van der Waals surface area contributed by atoms with Crippen LogP contribution >= 0.6 is 0 Å². The fraction of sp³-hybridized carbons (Fsp3) is 0.733. The van der Waals surface area contributed by atoms with Gasteiger partial charge in [0.1, 0.15) is 24.9 Å². The summed E-state index contributed by atoms with van der Waals surface area (Å²) in [4.78, 5) is 30.6. The van der Waals surface area contributed by atoms with E-state index in [2.05, 4.69) is 34.6 Å². The minimum Gasteiger partial charge on any atom is -0.388 e. The Bertz CT molecular complexity index is 884.